The van der Waals surface area contributed by atoms with Gasteiger partial charge in [0.2, 0.25) is 0 Å². The van der Waals surface area contributed by atoms with Gasteiger partial charge in [-0.15, -0.1) is 0 Å². The van der Waals surface area contributed by atoms with Crippen molar-refractivity contribution in [2.75, 3.05) is 26.1 Å². The van der Waals surface area contributed by atoms with Crippen molar-refractivity contribution in [3.8, 4) is 17.6 Å². The molecular formula is C14H18N2O2. The molecule has 2 rings (SSSR count). The summed E-state index contributed by atoms with van der Waals surface area (Å²) < 4.78 is 10.5. The van der Waals surface area contributed by atoms with Gasteiger partial charge in [0.15, 0.2) is 11.5 Å². The summed E-state index contributed by atoms with van der Waals surface area (Å²) in [6.45, 7) is 2.70. The Morgan fingerprint density at radius 2 is 1.89 bits per heavy atom. The molecule has 96 valence electrons. The van der Waals surface area contributed by atoms with Crippen LogP contribution < -0.4 is 14.8 Å². The van der Waals surface area contributed by atoms with E-state index in [1.54, 1.807) is 14.2 Å². The van der Waals surface area contributed by atoms with E-state index in [0.29, 0.717) is 12.3 Å². The topological polar surface area (TPSA) is 54.3 Å². The molecule has 18 heavy (non-hydrogen) atoms. The number of hydrogen-bond donors (Lipinski definition) is 1. The van der Waals surface area contributed by atoms with E-state index in [1.165, 1.54) is 0 Å². The molecular weight excluding hydrogens is 228 g/mol. The molecule has 1 aromatic rings. The Bertz CT molecular complexity index is 487. The van der Waals surface area contributed by atoms with Crippen molar-refractivity contribution < 1.29 is 9.47 Å². The second-order valence-corrected chi connectivity index (χ2v) is 4.77. The molecule has 0 amide bonds. The standard InChI is InChI=1S/C14H18N2O2/c1-10-6-12(17-2)13(18-3)7-11(10)16-9-14(8-15)4-5-14/h6-7,16H,4-5,9H2,1-3H3. The van der Waals surface area contributed by atoms with E-state index < -0.39 is 0 Å². The Hall–Kier alpha value is -1.89. The molecule has 0 unspecified atom stereocenters. The number of nitrogens with zero attached hydrogens (tertiary/aromatic N) is 1. The fraction of sp³-hybridized carbons (Fsp3) is 0.500. The first-order chi connectivity index (χ1) is 8.64. The van der Waals surface area contributed by atoms with Gasteiger partial charge >= 0.3 is 0 Å². The van der Waals surface area contributed by atoms with E-state index >= 15 is 0 Å². The molecule has 1 N–H and O–H groups in total. The smallest absolute Gasteiger partial charge is 0.162 e. The van der Waals surface area contributed by atoms with Gasteiger partial charge in [-0.25, -0.2) is 0 Å². The van der Waals surface area contributed by atoms with Crippen LogP contribution in [0.5, 0.6) is 11.5 Å². The van der Waals surface area contributed by atoms with Gasteiger partial charge in [0.25, 0.3) is 0 Å². The summed E-state index contributed by atoms with van der Waals surface area (Å²) in [5, 5.41) is 12.4. The maximum atomic E-state index is 9.05. The molecule has 0 saturated heterocycles. The van der Waals surface area contributed by atoms with E-state index in [0.717, 1.165) is 29.8 Å². The van der Waals surface area contributed by atoms with Gasteiger partial charge in [-0.1, -0.05) is 0 Å². The highest BCUT2D eigenvalue weighted by molar-refractivity contribution is 5.60. The normalized spacial score (nSPS) is 15.7. The van der Waals surface area contributed by atoms with Gasteiger partial charge in [0.1, 0.15) is 0 Å². The molecule has 0 heterocycles. The number of anilines is 1. The first-order valence-electron chi connectivity index (χ1n) is 6.02. The molecule has 4 nitrogen and oxygen atoms in total. The van der Waals surface area contributed by atoms with Gasteiger partial charge in [0, 0.05) is 18.3 Å². The lowest BCUT2D eigenvalue weighted by Crippen LogP contribution is -2.14. The Kier molecular flexibility index (Phi) is 3.33. The van der Waals surface area contributed by atoms with Crippen LogP contribution in [0.15, 0.2) is 12.1 Å². The third-order valence-corrected chi connectivity index (χ3v) is 3.44. The molecule has 0 spiro atoms. The molecule has 0 aromatic heterocycles. The average Bonchev–Trinajstić information content (AvgIpc) is 3.17. The summed E-state index contributed by atoms with van der Waals surface area (Å²) in [5.74, 6) is 1.43. The predicted molar refractivity (Wildman–Crippen MR) is 70.1 cm³/mol. The third-order valence-electron chi connectivity index (χ3n) is 3.44. The maximum Gasteiger partial charge on any atom is 0.162 e. The van der Waals surface area contributed by atoms with Crippen molar-refractivity contribution in [3.05, 3.63) is 17.7 Å². The van der Waals surface area contributed by atoms with Crippen LogP contribution in [0.4, 0.5) is 5.69 Å². The summed E-state index contributed by atoms with van der Waals surface area (Å²) in [7, 11) is 3.24. The number of nitriles is 1. The summed E-state index contributed by atoms with van der Waals surface area (Å²) in [6.07, 6.45) is 1.98. The first-order valence-corrected chi connectivity index (χ1v) is 6.02. The molecule has 0 radical (unpaired) electrons. The molecule has 1 saturated carbocycles. The van der Waals surface area contributed by atoms with Gasteiger partial charge in [-0.2, -0.15) is 5.26 Å². The van der Waals surface area contributed by atoms with Crippen LogP contribution in [0, 0.1) is 23.7 Å². The molecule has 4 heteroatoms. The van der Waals surface area contributed by atoms with Crippen molar-refractivity contribution in [2.45, 2.75) is 19.8 Å². The molecule has 0 aliphatic heterocycles. The number of hydrogen-bond acceptors (Lipinski definition) is 4. The number of methoxy groups -OCH3 is 2. The quantitative estimate of drug-likeness (QED) is 0.868. The van der Waals surface area contributed by atoms with Crippen LogP contribution in [0.3, 0.4) is 0 Å². The van der Waals surface area contributed by atoms with E-state index in [2.05, 4.69) is 11.4 Å². The Morgan fingerprint density at radius 3 is 2.39 bits per heavy atom. The molecule has 0 atom stereocenters. The van der Waals surface area contributed by atoms with Gasteiger partial charge in [-0.05, 0) is 31.4 Å². The summed E-state index contributed by atoms with van der Waals surface area (Å²) >= 11 is 0. The van der Waals surface area contributed by atoms with E-state index in [1.807, 2.05) is 19.1 Å². The average molecular weight is 246 g/mol. The Balaban J connectivity index is 2.15. The lowest BCUT2D eigenvalue weighted by atomic mass is 10.1. The molecule has 1 aliphatic carbocycles. The fourth-order valence-corrected chi connectivity index (χ4v) is 1.91. The second kappa shape index (κ2) is 4.77. The fourth-order valence-electron chi connectivity index (χ4n) is 1.91. The lowest BCUT2D eigenvalue weighted by molar-refractivity contribution is 0.355. The SMILES string of the molecule is COc1cc(C)c(NCC2(C#N)CC2)cc1OC. The van der Waals surface area contributed by atoms with Gasteiger partial charge < -0.3 is 14.8 Å². The van der Waals surface area contributed by atoms with Crippen LogP contribution in [0.25, 0.3) is 0 Å². The number of benzene rings is 1. The maximum absolute atomic E-state index is 9.05. The van der Waals surface area contributed by atoms with E-state index in [-0.39, 0.29) is 5.41 Å². The zero-order valence-corrected chi connectivity index (χ0v) is 11.0. The van der Waals surface area contributed by atoms with Crippen LogP contribution in [-0.2, 0) is 0 Å². The molecule has 1 fully saturated rings. The van der Waals surface area contributed by atoms with Crippen LogP contribution in [0.2, 0.25) is 0 Å². The van der Waals surface area contributed by atoms with Crippen molar-refractivity contribution in [1.29, 1.82) is 5.26 Å². The highest BCUT2D eigenvalue weighted by Gasteiger charge is 2.42. The van der Waals surface area contributed by atoms with E-state index in [9.17, 15) is 0 Å². The summed E-state index contributed by atoms with van der Waals surface area (Å²) in [5.41, 5.74) is 1.93. The monoisotopic (exact) mass is 246 g/mol. The Labute approximate surface area is 108 Å². The largest absolute Gasteiger partial charge is 0.493 e. The molecule has 1 aromatic carbocycles. The predicted octanol–water partition coefficient (Wildman–Crippen LogP) is 2.73. The number of nitrogens with one attached hydrogen (secondary N) is 1. The van der Waals surface area contributed by atoms with Crippen LogP contribution in [-0.4, -0.2) is 20.8 Å². The lowest BCUT2D eigenvalue weighted by Gasteiger charge is -2.15. The number of aryl methyl sites for hydroxylation is 1. The zero-order valence-electron chi connectivity index (χ0n) is 11.0. The minimum Gasteiger partial charge on any atom is -0.493 e. The van der Waals surface area contributed by atoms with Crippen molar-refractivity contribution in [2.24, 2.45) is 5.41 Å². The third kappa shape index (κ3) is 2.35. The minimum absolute atomic E-state index is 0.153. The van der Waals surface area contributed by atoms with Gasteiger partial charge in [-0.3, -0.25) is 0 Å². The molecule has 1 aliphatic rings. The summed E-state index contributed by atoms with van der Waals surface area (Å²) in [4.78, 5) is 0. The Morgan fingerprint density at radius 1 is 1.28 bits per heavy atom. The van der Waals surface area contributed by atoms with Crippen LogP contribution >= 0.6 is 0 Å². The first kappa shape index (κ1) is 12.6. The van der Waals surface area contributed by atoms with Crippen molar-refractivity contribution in [3.63, 3.8) is 0 Å². The van der Waals surface area contributed by atoms with E-state index in [4.69, 9.17) is 14.7 Å². The summed E-state index contributed by atoms with van der Waals surface area (Å²) in [6, 6.07) is 6.23. The minimum atomic E-state index is -0.153. The highest BCUT2D eigenvalue weighted by atomic mass is 16.5. The zero-order chi connectivity index (χ0) is 13.2. The van der Waals surface area contributed by atoms with Crippen molar-refractivity contribution in [1.82, 2.24) is 0 Å². The van der Waals surface area contributed by atoms with Crippen molar-refractivity contribution >= 4 is 5.69 Å². The highest BCUT2D eigenvalue weighted by Crippen LogP contribution is 2.45. The number of rotatable bonds is 5. The van der Waals surface area contributed by atoms with Gasteiger partial charge in [0.05, 0.1) is 25.7 Å². The molecule has 0 bridgehead atoms. The number of ether oxygens (including phenoxy) is 2. The van der Waals surface area contributed by atoms with Crippen LogP contribution in [0.1, 0.15) is 18.4 Å². The second-order valence-electron chi connectivity index (χ2n) is 4.77.